The number of benzene rings is 2. The van der Waals surface area contributed by atoms with Gasteiger partial charge in [-0.25, -0.2) is 14.8 Å². The molecule has 2 atom stereocenters. The Hall–Kier alpha value is -3.74. The first-order valence-electron chi connectivity index (χ1n) is 13.7. The monoisotopic (exact) mass is 627 g/mol. The summed E-state index contributed by atoms with van der Waals surface area (Å²) in [5.74, 6) is 0.256. The Bertz CT molecular complexity index is 1360. The van der Waals surface area contributed by atoms with Gasteiger partial charge in [0.05, 0.1) is 25.1 Å². The van der Waals surface area contributed by atoms with Crippen molar-refractivity contribution in [3.05, 3.63) is 84.1 Å². The second kappa shape index (κ2) is 16.8. The maximum Gasteiger partial charge on any atom is 0.328 e. The Balaban J connectivity index is 0.00000323. The van der Waals surface area contributed by atoms with Crippen molar-refractivity contribution in [1.29, 1.82) is 0 Å². The third kappa shape index (κ3) is 9.63. The Kier molecular flexibility index (Phi) is 13.8. The van der Waals surface area contributed by atoms with Crippen molar-refractivity contribution >= 4 is 50.5 Å². The molecule has 1 aliphatic heterocycles. The molecule has 1 amide bonds. The number of likely N-dealkylation sites (N-methyl/N-ethyl adjacent to an activating group) is 1. The molecule has 0 spiro atoms. The van der Waals surface area contributed by atoms with Crippen LogP contribution >= 0.6 is 27.0 Å². The van der Waals surface area contributed by atoms with Gasteiger partial charge in [-0.1, -0.05) is 62.4 Å². The fourth-order valence-corrected chi connectivity index (χ4v) is 4.78. The van der Waals surface area contributed by atoms with Crippen LogP contribution < -0.4 is 10.5 Å². The van der Waals surface area contributed by atoms with E-state index in [4.69, 9.17) is 15.2 Å². The molecule has 10 nitrogen and oxygen atoms in total. The normalized spacial score (nSPS) is 13.5. The third-order valence-electron chi connectivity index (χ3n) is 7.13. The number of hydrogen-bond acceptors (Lipinski definition) is 8. The lowest BCUT2D eigenvalue weighted by Crippen LogP contribution is -2.49. The van der Waals surface area contributed by atoms with Crippen LogP contribution in [0.15, 0.2) is 77.9 Å². The second-order valence-corrected chi connectivity index (χ2v) is 10.4. The van der Waals surface area contributed by atoms with Gasteiger partial charge in [0.25, 0.3) is 0 Å². The van der Waals surface area contributed by atoms with E-state index in [1.54, 1.807) is 6.20 Å². The van der Waals surface area contributed by atoms with Crippen molar-refractivity contribution in [3.63, 3.8) is 0 Å². The van der Waals surface area contributed by atoms with E-state index in [-0.39, 0.29) is 64.5 Å². The lowest BCUT2D eigenvalue weighted by Gasteiger charge is -2.38. The molecule has 12 heteroatoms. The summed E-state index contributed by atoms with van der Waals surface area (Å²) in [7, 11) is 1.51. The predicted octanol–water partition coefficient (Wildman–Crippen LogP) is 4.79. The van der Waals surface area contributed by atoms with Crippen LogP contribution in [0.4, 0.5) is 5.69 Å². The molecule has 0 fully saturated rings. The van der Waals surface area contributed by atoms with Gasteiger partial charge in [-0.3, -0.25) is 4.79 Å². The summed E-state index contributed by atoms with van der Waals surface area (Å²) in [5.41, 5.74) is 8.90. The first-order chi connectivity index (χ1) is 19.7. The number of guanidine groups is 1. The number of fused-ring (bicyclic) bond motifs is 1. The number of carbonyl (C=O) groups is 2. The number of amides is 1. The Morgan fingerprint density at radius 3 is 2.35 bits per heavy atom. The van der Waals surface area contributed by atoms with E-state index in [9.17, 15) is 14.7 Å². The largest absolute Gasteiger partial charge is 0.480 e. The van der Waals surface area contributed by atoms with Crippen LogP contribution in [0.3, 0.4) is 0 Å². The molecular formula is C31H41N5O5S2. The van der Waals surface area contributed by atoms with Gasteiger partial charge in [0.15, 0.2) is 12.0 Å². The molecule has 4 rings (SSSR count). The fraction of sp³-hybridized carbons (Fsp3) is 0.355. The molecule has 0 bridgehead atoms. The SMILES string of the molecule is CC(C)[C@H](CCC(=O)N(C)[C@@H](COCc1ccccc1)C(=O)O)N1Cc2cc(Oc3ccccc3)ncc2N=C1N.S.S. The van der Waals surface area contributed by atoms with Crippen molar-refractivity contribution in [2.45, 2.75) is 51.9 Å². The standard InChI is InChI=1S/C31H37N5O5.2H2S/c1-21(2)26(14-15-29(37)35(3)27(30(38)39)20-40-19-22-10-6-4-7-11-22)36-18-23-16-28(33-17-25(23)34-31(36)32)41-24-12-8-5-9-13-24;;/h4-13,16-17,21,26-27H,14-15,18-20H2,1-3H3,(H2,32,34)(H,38,39);2*1H2/t26-,27-;;/m0../s1. The maximum absolute atomic E-state index is 13.1. The minimum atomic E-state index is -1.11. The topological polar surface area (TPSA) is 131 Å². The number of nitrogens with zero attached hydrogens (tertiary/aromatic N) is 4. The number of hydrogen-bond donors (Lipinski definition) is 2. The predicted molar refractivity (Wildman–Crippen MR) is 176 cm³/mol. The van der Waals surface area contributed by atoms with Crippen LogP contribution in [0.2, 0.25) is 0 Å². The molecule has 0 saturated carbocycles. The van der Waals surface area contributed by atoms with Crippen molar-refractivity contribution in [1.82, 2.24) is 14.8 Å². The molecule has 3 N–H and O–H groups in total. The quantitative estimate of drug-likeness (QED) is 0.277. The molecule has 232 valence electrons. The van der Waals surface area contributed by atoms with Gasteiger partial charge >= 0.3 is 5.97 Å². The number of aliphatic carboxylic acids is 1. The average Bonchev–Trinajstić information content (AvgIpc) is 2.96. The average molecular weight is 628 g/mol. The zero-order chi connectivity index (χ0) is 29.4. The molecule has 1 aromatic heterocycles. The van der Waals surface area contributed by atoms with Gasteiger partial charge in [-0.05, 0) is 30.0 Å². The van der Waals surface area contributed by atoms with Crippen molar-refractivity contribution < 1.29 is 24.2 Å². The first kappa shape index (κ1) is 35.5. The second-order valence-electron chi connectivity index (χ2n) is 10.4. The molecule has 0 saturated heterocycles. The van der Waals surface area contributed by atoms with E-state index in [1.807, 2.05) is 71.6 Å². The summed E-state index contributed by atoms with van der Waals surface area (Å²) < 4.78 is 11.5. The summed E-state index contributed by atoms with van der Waals surface area (Å²) in [6.45, 7) is 4.77. The molecule has 2 heterocycles. The minimum absolute atomic E-state index is 0. The summed E-state index contributed by atoms with van der Waals surface area (Å²) in [6, 6.07) is 19.6. The number of para-hydroxylation sites is 1. The van der Waals surface area contributed by atoms with Gasteiger partial charge in [0, 0.05) is 37.7 Å². The summed E-state index contributed by atoms with van der Waals surface area (Å²) in [4.78, 5) is 37.3. The van der Waals surface area contributed by atoms with E-state index in [2.05, 4.69) is 23.8 Å². The summed E-state index contributed by atoms with van der Waals surface area (Å²) >= 11 is 0. The van der Waals surface area contributed by atoms with Crippen molar-refractivity contribution in [2.75, 3.05) is 13.7 Å². The highest BCUT2D eigenvalue weighted by Gasteiger charge is 2.31. The number of carboxylic acids is 1. The number of carboxylic acid groups (broad SMARTS) is 1. The number of ether oxygens (including phenoxy) is 2. The van der Waals surface area contributed by atoms with Gasteiger partial charge in [-0.2, -0.15) is 27.0 Å². The molecule has 2 aromatic carbocycles. The maximum atomic E-state index is 13.1. The molecule has 43 heavy (non-hydrogen) atoms. The van der Waals surface area contributed by atoms with Crippen LogP contribution in [0.25, 0.3) is 0 Å². The summed E-state index contributed by atoms with van der Waals surface area (Å²) in [5, 5.41) is 9.77. The lowest BCUT2D eigenvalue weighted by atomic mass is 9.96. The first-order valence-corrected chi connectivity index (χ1v) is 13.7. The number of carbonyl (C=O) groups excluding carboxylic acids is 1. The molecule has 0 unspecified atom stereocenters. The van der Waals surface area contributed by atoms with Gasteiger partial charge < -0.3 is 30.1 Å². The van der Waals surface area contributed by atoms with E-state index >= 15 is 0 Å². The number of pyridine rings is 1. The number of aliphatic imine (C=N–C) groups is 1. The van der Waals surface area contributed by atoms with Crippen LogP contribution in [-0.4, -0.2) is 63.5 Å². The number of rotatable bonds is 13. The fourth-order valence-electron chi connectivity index (χ4n) is 4.78. The Morgan fingerprint density at radius 2 is 1.72 bits per heavy atom. The van der Waals surface area contributed by atoms with E-state index in [0.29, 0.717) is 36.2 Å². The molecule has 0 aliphatic carbocycles. The van der Waals surface area contributed by atoms with Gasteiger partial charge in [0.2, 0.25) is 11.8 Å². The zero-order valence-electron chi connectivity index (χ0n) is 24.6. The number of nitrogens with two attached hydrogens (primary N) is 1. The van der Waals surface area contributed by atoms with Crippen LogP contribution in [0, 0.1) is 5.92 Å². The molecule has 3 aromatic rings. The molecule has 1 aliphatic rings. The minimum Gasteiger partial charge on any atom is -0.480 e. The highest BCUT2D eigenvalue weighted by molar-refractivity contribution is 7.59. The van der Waals surface area contributed by atoms with Gasteiger partial charge in [0.1, 0.15) is 5.75 Å². The Morgan fingerprint density at radius 1 is 1.07 bits per heavy atom. The zero-order valence-corrected chi connectivity index (χ0v) is 26.6. The van der Waals surface area contributed by atoms with Crippen LogP contribution in [0.1, 0.15) is 37.8 Å². The third-order valence-corrected chi connectivity index (χ3v) is 7.13. The van der Waals surface area contributed by atoms with Gasteiger partial charge in [-0.15, -0.1) is 0 Å². The molecule has 0 radical (unpaired) electrons. The number of aromatic nitrogens is 1. The smallest absolute Gasteiger partial charge is 0.328 e. The van der Waals surface area contributed by atoms with Crippen LogP contribution in [-0.2, 0) is 27.5 Å². The molecular weight excluding hydrogens is 587 g/mol. The van der Waals surface area contributed by atoms with Crippen molar-refractivity contribution in [2.24, 2.45) is 16.6 Å². The van der Waals surface area contributed by atoms with Crippen LogP contribution in [0.5, 0.6) is 11.6 Å². The van der Waals surface area contributed by atoms with Crippen molar-refractivity contribution in [3.8, 4) is 11.6 Å². The van der Waals surface area contributed by atoms with E-state index in [1.165, 1.54) is 11.9 Å². The highest BCUT2D eigenvalue weighted by atomic mass is 32.1. The van der Waals surface area contributed by atoms with E-state index < -0.39 is 12.0 Å². The lowest BCUT2D eigenvalue weighted by molar-refractivity contribution is -0.152. The summed E-state index contributed by atoms with van der Waals surface area (Å²) in [6.07, 6.45) is 2.27. The highest BCUT2D eigenvalue weighted by Crippen LogP contribution is 2.32. The van der Waals surface area contributed by atoms with E-state index in [0.717, 1.165) is 11.1 Å². The Labute approximate surface area is 266 Å².